The van der Waals surface area contributed by atoms with Gasteiger partial charge in [-0.3, -0.25) is 9.59 Å². The van der Waals surface area contributed by atoms with Gasteiger partial charge in [0.15, 0.2) is 0 Å². The average Bonchev–Trinajstić information content (AvgIpc) is 3.41. The molecule has 5 nitrogen and oxygen atoms in total. The lowest BCUT2D eigenvalue weighted by Crippen LogP contribution is -2.36. The van der Waals surface area contributed by atoms with Crippen LogP contribution in [-0.2, 0) is 11.2 Å². The van der Waals surface area contributed by atoms with Gasteiger partial charge in [-0.25, -0.2) is 0 Å². The Morgan fingerprint density at radius 3 is 2.69 bits per heavy atom. The van der Waals surface area contributed by atoms with Crippen LogP contribution in [0.3, 0.4) is 0 Å². The topological polar surface area (TPSA) is 49.9 Å². The van der Waals surface area contributed by atoms with E-state index < -0.39 is 0 Å². The molecule has 2 amide bonds. The number of hydrogen-bond donors (Lipinski definition) is 0. The van der Waals surface area contributed by atoms with E-state index in [1.165, 1.54) is 11.1 Å². The molecule has 0 aromatic heterocycles. The first-order chi connectivity index (χ1) is 14.0. The van der Waals surface area contributed by atoms with E-state index in [1.54, 1.807) is 6.92 Å². The Labute approximate surface area is 171 Å². The molecule has 5 rings (SSSR count). The molecule has 0 N–H and O–H groups in total. The van der Waals surface area contributed by atoms with Crippen molar-refractivity contribution >= 4 is 11.8 Å². The number of ether oxygens (including phenoxy) is 1. The van der Waals surface area contributed by atoms with Crippen LogP contribution in [0.2, 0.25) is 0 Å². The summed E-state index contributed by atoms with van der Waals surface area (Å²) in [4.78, 5) is 29.5. The van der Waals surface area contributed by atoms with Gasteiger partial charge in [-0.1, -0.05) is 24.3 Å². The summed E-state index contributed by atoms with van der Waals surface area (Å²) >= 11 is 0. The van der Waals surface area contributed by atoms with Crippen molar-refractivity contribution < 1.29 is 14.3 Å². The molecule has 0 aliphatic carbocycles. The highest BCUT2D eigenvalue weighted by atomic mass is 16.5. The largest absolute Gasteiger partial charge is 0.493 e. The summed E-state index contributed by atoms with van der Waals surface area (Å²) in [6, 6.07) is 14.1. The molecule has 3 heterocycles. The van der Waals surface area contributed by atoms with Crippen molar-refractivity contribution in [2.45, 2.75) is 26.3 Å². The maximum Gasteiger partial charge on any atom is 0.253 e. The zero-order valence-electron chi connectivity index (χ0n) is 16.9. The fourth-order valence-corrected chi connectivity index (χ4v) is 5.35. The zero-order chi connectivity index (χ0) is 20.1. The molecule has 0 unspecified atom stereocenters. The van der Waals surface area contributed by atoms with Gasteiger partial charge < -0.3 is 14.5 Å². The number of carbonyl (C=O) groups excluding carboxylic acids is 2. The minimum absolute atomic E-state index is 0.0462. The fraction of sp³-hybridized carbons (Fsp3) is 0.417. The van der Waals surface area contributed by atoms with Crippen LogP contribution in [-0.4, -0.2) is 47.9 Å². The van der Waals surface area contributed by atoms with E-state index in [2.05, 4.69) is 19.1 Å². The van der Waals surface area contributed by atoms with Crippen molar-refractivity contribution in [3.63, 3.8) is 0 Å². The van der Waals surface area contributed by atoms with Crippen LogP contribution in [0.4, 0.5) is 0 Å². The van der Waals surface area contributed by atoms with Crippen molar-refractivity contribution in [1.82, 2.24) is 9.80 Å². The predicted molar refractivity (Wildman–Crippen MR) is 110 cm³/mol. The van der Waals surface area contributed by atoms with E-state index in [9.17, 15) is 9.59 Å². The van der Waals surface area contributed by atoms with E-state index in [0.29, 0.717) is 25.6 Å². The first-order valence-electron chi connectivity index (χ1n) is 10.4. The minimum Gasteiger partial charge on any atom is -0.493 e. The molecule has 0 spiro atoms. The van der Waals surface area contributed by atoms with Gasteiger partial charge in [-0.05, 0) is 41.8 Å². The number of nitrogens with zero attached hydrogens (tertiary/aromatic N) is 2. The van der Waals surface area contributed by atoms with E-state index >= 15 is 0 Å². The van der Waals surface area contributed by atoms with E-state index in [0.717, 1.165) is 29.8 Å². The number of carbonyl (C=O) groups is 2. The van der Waals surface area contributed by atoms with Crippen LogP contribution in [0.25, 0.3) is 0 Å². The first kappa shape index (κ1) is 18.2. The Hall–Kier alpha value is -2.82. The second kappa shape index (κ2) is 6.90. The Balaban J connectivity index is 1.41. The normalized spacial score (nSPS) is 25.0. The molecule has 0 saturated carbocycles. The van der Waals surface area contributed by atoms with Gasteiger partial charge in [0.05, 0.1) is 12.6 Å². The van der Waals surface area contributed by atoms with Crippen molar-refractivity contribution in [2.75, 3.05) is 26.2 Å². The third-order valence-electron chi connectivity index (χ3n) is 6.80. The quantitative estimate of drug-likeness (QED) is 0.791. The summed E-state index contributed by atoms with van der Waals surface area (Å²) in [7, 11) is 0. The molecule has 2 aromatic rings. The molecule has 2 saturated heterocycles. The van der Waals surface area contributed by atoms with E-state index in [4.69, 9.17) is 4.74 Å². The summed E-state index contributed by atoms with van der Waals surface area (Å²) in [6.45, 7) is 6.58. The predicted octanol–water partition coefficient (Wildman–Crippen LogP) is 3.22. The standard InChI is InChI=1S/C24H26N2O3/c1-15-5-3-4-6-20(15)23-21-14-25(12-19(21)13-26(23)16(2)27)24(28)18-7-8-22-17(11-18)9-10-29-22/h3-8,11,19,21,23H,9-10,12-14H2,1-2H3/t19-,21-,23+/m1/s1. The van der Waals surface area contributed by atoms with Gasteiger partial charge in [-0.15, -0.1) is 0 Å². The number of fused-ring (bicyclic) bond motifs is 2. The van der Waals surface area contributed by atoms with Gasteiger partial charge in [0.2, 0.25) is 5.91 Å². The van der Waals surface area contributed by atoms with Gasteiger partial charge in [0.1, 0.15) is 5.75 Å². The van der Waals surface area contributed by atoms with Crippen LogP contribution >= 0.6 is 0 Å². The molecule has 2 aromatic carbocycles. The molecule has 5 heteroatoms. The molecule has 0 bridgehead atoms. The summed E-state index contributed by atoms with van der Waals surface area (Å²) < 4.78 is 5.57. The van der Waals surface area contributed by atoms with Crippen molar-refractivity contribution in [2.24, 2.45) is 11.8 Å². The van der Waals surface area contributed by atoms with Crippen molar-refractivity contribution in [3.05, 3.63) is 64.7 Å². The average molecular weight is 390 g/mol. The van der Waals surface area contributed by atoms with Gasteiger partial charge >= 0.3 is 0 Å². The second-order valence-corrected chi connectivity index (χ2v) is 8.53. The zero-order valence-corrected chi connectivity index (χ0v) is 16.9. The number of hydrogen-bond acceptors (Lipinski definition) is 3. The van der Waals surface area contributed by atoms with Crippen molar-refractivity contribution in [3.8, 4) is 5.75 Å². The lowest BCUT2D eigenvalue weighted by atomic mass is 9.87. The number of benzene rings is 2. The molecule has 2 fully saturated rings. The second-order valence-electron chi connectivity index (χ2n) is 8.53. The summed E-state index contributed by atoms with van der Waals surface area (Å²) in [5.41, 5.74) is 4.27. The minimum atomic E-state index is 0.0462. The van der Waals surface area contributed by atoms with Gasteiger partial charge in [-0.2, -0.15) is 0 Å². The van der Waals surface area contributed by atoms with Crippen LogP contribution in [0, 0.1) is 18.8 Å². The molecular formula is C24H26N2O3. The molecule has 3 atom stereocenters. The Morgan fingerprint density at radius 2 is 1.90 bits per heavy atom. The van der Waals surface area contributed by atoms with Gasteiger partial charge in [0.25, 0.3) is 5.91 Å². The molecule has 3 aliphatic heterocycles. The Kier molecular flexibility index (Phi) is 4.34. The van der Waals surface area contributed by atoms with Gasteiger partial charge in [0, 0.05) is 50.4 Å². The Morgan fingerprint density at radius 1 is 1.07 bits per heavy atom. The summed E-state index contributed by atoms with van der Waals surface area (Å²) in [6.07, 6.45) is 0.866. The SMILES string of the molecule is CC(=O)N1C[C@H]2CN(C(=O)c3ccc4c(c3)CCO4)C[C@H]2[C@@H]1c1ccccc1C. The third-order valence-corrected chi connectivity index (χ3v) is 6.80. The lowest BCUT2D eigenvalue weighted by Gasteiger charge is -2.30. The van der Waals surface area contributed by atoms with Crippen LogP contribution < -0.4 is 4.74 Å². The number of amides is 2. The molecular weight excluding hydrogens is 364 g/mol. The summed E-state index contributed by atoms with van der Waals surface area (Å²) in [5.74, 6) is 1.71. The van der Waals surface area contributed by atoms with E-state index in [-0.39, 0.29) is 23.8 Å². The number of aryl methyl sites for hydroxylation is 1. The molecule has 3 aliphatic rings. The monoisotopic (exact) mass is 390 g/mol. The Bertz CT molecular complexity index is 986. The lowest BCUT2D eigenvalue weighted by molar-refractivity contribution is -0.130. The maximum atomic E-state index is 13.2. The number of rotatable bonds is 2. The number of likely N-dealkylation sites (tertiary alicyclic amines) is 2. The highest BCUT2D eigenvalue weighted by molar-refractivity contribution is 5.95. The maximum absolute atomic E-state index is 13.2. The molecule has 0 radical (unpaired) electrons. The fourth-order valence-electron chi connectivity index (χ4n) is 5.35. The van der Waals surface area contributed by atoms with Crippen LogP contribution in [0.15, 0.2) is 42.5 Å². The summed E-state index contributed by atoms with van der Waals surface area (Å²) in [5, 5.41) is 0. The molecule has 150 valence electrons. The van der Waals surface area contributed by atoms with Crippen molar-refractivity contribution in [1.29, 1.82) is 0 Å². The van der Waals surface area contributed by atoms with Crippen LogP contribution in [0.5, 0.6) is 5.75 Å². The smallest absolute Gasteiger partial charge is 0.253 e. The van der Waals surface area contributed by atoms with Crippen LogP contribution in [0.1, 0.15) is 40.0 Å². The highest BCUT2D eigenvalue weighted by Crippen LogP contribution is 2.46. The first-order valence-corrected chi connectivity index (χ1v) is 10.4. The highest BCUT2D eigenvalue weighted by Gasteiger charge is 2.49. The van der Waals surface area contributed by atoms with E-state index in [1.807, 2.05) is 40.1 Å². The third kappa shape index (κ3) is 3.00. The molecule has 29 heavy (non-hydrogen) atoms.